The molecule has 3 heteroatoms. The predicted molar refractivity (Wildman–Crippen MR) is 79.0 cm³/mol. The number of rotatable bonds is 5. The van der Waals surface area contributed by atoms with Crippen LogP contribution in [0, 0.1) is 0 Å². The fourth-order valence-electron chi connectivity index (χ4n) is 2.09. The average Bonchev–Trinajstić information content (AvgIpc) is 2.38. The molecule has 0 heterocycles. The van der Waals surface area contributed by atoms with Gasteiger partial charge in [-0.25, -0.2) is 0 Å². The number of benzene rings is 2. The fourth-order valence-corrected chi connectivity index (χ4v) is 2.09. The smallest absolute Gasteiger partial charge is 0.120 e. The highest BCUT2D eigenvalue weighted by Gasteiger charge is 2.10. The van der Waals surface area contributed by atoms with Gasteiger partial charge in [-0.3, -0.25) is 0 Å². The summed E-state index contributed by atoms with van der Waals surface area (Å²) in [7, 11) is 0. The Morgan fingerprint density at radius 1 is 1.05 bits per heavy atom. The largest absolute Gasteiger partial charge is 0.508 e. The van der Waals surface area contributed by atoms with E-state index in [9.17, 15) is 10.2 Å². The molecule has 0 saturated heterocycles. The van der Waals surface area contributed by atoms with Gasteiger partial charge in [0.2, 0.25) is 0 Å². The van der Waals surface area contributed by atoms with Crippen molar-refractivity contribution in [2.24, 2.45) is 0 Å². The lowest BCUT2D eigenvalue weighted by atomic mass is 10.0. The van der Waals surface area contributed by atoms with Crippen LogP contribution in [-0.4, -0.2) is 16.3 Å². The summed E-state index contributed by atoms with van der Waals surface area (Å²) in [6.45, 7) is 3.94. The molecule has 0 aliphatic carbocycles. The highest BCUT2D eigenvalue weighted by molar-refractivity contribution is 5.32. The van der Waals surface area contributed by atoms with Crippen molar-refractivity contribution in [1.29, 1.82) is 0 Å². The van der Waals surface area contributed by atoms with E-state index < -0.39 is 6.10 Å². The second kappa shape index (κ2) is 6.44. The Morgan fingerprint density at radius 3 is 2.50 bits per heavy atom. The van der Waals surface area contributed by atoms with E-state index in [-0.39, 0.29) is 11.9 Å². The van der Waals surface area contributed by atoms with E-state index in [2.05, 4.69) is 0 Å². The lowest BCUT2D eigenvalue weighted by molar-refractivity contribution is 0.177. The monoisotopic (exact) mass is 272 g/mol. The zero-order valence-electron chi connectivity index (χ0n) is 11.8. The van der Waals surface area contributed by atoms with Gasteiger partial charge in [-0.05, 0) is 49.2 Å². The van der Waals surface area contributed by atoms with Crippen LogP contribution in [0.3, 0.4) is 0 Å². The van der Waals surface area contributed by atoms with Crippen molar-refractivity contribution in [1.82, 2.24) is 0 Å². The number of phenols is 1. The van der Waals surface area contributed by atoms with Crippen molar-refractivity contribution in [3.05, 3.63) is 59.7 Å². The molecule has 0 aliphatic rings. The number of hydrogen-bond donors (Lipinski definition) is 2. The second-order valence-corrected chi connectivity index (χ2v) is 5.13. The van der Waals surface area contributed by atoms with Gasteiger partial charge in [-0.15, -0.1) is 0 Å². The SMILES string of the molecule is CC(C)Oc1cccc(C(O)Cc2cccc(O)c2)c1. The highest BCUT2D eigenvalue weighted by Crippen LogP contribution is 2.24. The third-order valence-electron chi connectivity index (χ3n) is 2.95. The maximum Gasteiger partial charge on any atom is 0.120 e. The van der Waals surface area contributed by atoms with Gasteiger partial charge >= 0.3 is 0 Å². The average molecular weight is 272 g/mol. The molecule has 106 valence electrons. The van der Waals surface area contributed by atoms with Crippen molar-refractivity contribution >= 4 is 0 Å². The number of hydrogen-bond acceptors (Lipinski definition) is 3. The minimum atomic E-state index is -0.618. The molecule has 0 amide bonds. The summed E-state index contributed by atoms with van der Waals surface area (Å²) in [4.78, 5) is 0. The molecule has 2 aromatic rings. The van der Waals surface area contributed by atoms with Crippen LogP contribution in [0.15, 0.2) is 48.5 Å². The van der Waals surface area contributed by atoms with Crippen LogP contribution >= 0.6 is 0 Å². The molecule has 0 aliphatic heterocycles. The quantitative estimate of drug-likeness (QED) is 0.876. The Labute approximate surface area is 119 Å². The third kappa shape index (κ3) is 4.00. The molecule has 0 bridgehead atoms. The van der Waals surface area contributed by atoms with E-state index >= 15 is 0 Å². The first-order valence-corrected chi connectivity index (χ1v) is 6.77. The molecular weight excluding hydrogens is 252 g/mol. The number of ether oxygens (including phenoxy) is 1. The first-order chi connectivity index (χ1) is 9.54. The fraction of sp³-hybridized carbons (Fsp3) is 0.294. The van der Waals surface area contributed by atoms with Gasteiger partial charge in [0.15, 0.2) is 0 Å². The Morgan fingerprint density at radius 2 is 1.80 bits per heavy atom. The maximum atomic E-state index is 10.3. The van der Waals surface area contributed by atoms with E-state index in [1.165, 1.54) is 0 Å². The molecule has 1 unspecified atom stereocenters. The number of aliphatic hydroxyl groups is 1. The summed E-state index contributed by atoms with van der Waals surface area (Å²) in [5.74, 6) is 0.971. The summed E-state index contributed by atoms with van der Waals surface area (Å²) >= 11 is 0. The summed E-state index contributed by atoms with van der Waals surface area (Å²) in [6.07, 6.45) is -0.0551. The van der Waals surface area contributed by atoms with Crippen LogP contribution in [-0.2, 0) is 6.42 Å². The van der Waals surface area contributed by atoms with Crippen LogP contribution in [0.25, 0.3) is 0 Å². The van der Waals surface area contributed by atoms with Crippen molar-refractivity contribution < 1.29 is 14.9 Å². The zero-order valence-corrected chi connectivity index (χ0v) is 11.8. The summed E-state index contributed by atoms with van der Waals surface area (Å²) < 4.78 is 5.62. The van der Waals surface area contributed by atoms with E-state index in [1.54, 1.807) is 18.2 Å². The van der Waals surface area contributed by atoms with Gasteiger partial charge in [0.1, 0.15) is 11.5 Å². The van der Waals surface area contributed by atoms with Crippen molar-refractivity contribution in [2.45, 2.75) is 32.5 Å². The first-order valence-electron chi connectivity index (χ1n) is 6.77. The van der Waals surface area contributed by atoms with Crippen molar-refractivity contribution in [2.75, 3.05) is 0 Å². The molecule has 0 saturated carbocycles. The molecule has 0 aromatic heterocycles. The molecule has 2 N–H and O–H groups in total. The molecule has 0 spiro atoms. The Balaban J connectivity index is 2.10. The predicted octanol–water partition coefficient (Wildman–Crippen LogP) is 3.46. The number of phenolic OH excluding ortho intramolecular Hbond substituents is 1. The zero-order chi connectivity index (χ0) is 14.5. The van der Waals surface area contributed by atoms with Gasteiger partial charge < -0.3 is 14.9 Å². The molecule has 2 aromatic carbocycles. The minimum Gasteiger partial charge on any atom is -0.508 e. The van der Waals surface area contributed by atoms with Gasteiger partial charge in [-0.1, -0.05) is 24.3 Å². The summed E-state index contributed by atoms with van der Waals surface area (Å²) in [5.41, 5.74) is 1.71. The first kappa shape index (κ1) is 14.4. The Hall–Kier alpha value is -2.00. The lowest BCUT2D eigenvalue weighted by Crippen LogP contribution is -2.07. The minimum absolute atomic E-state index is 0.105. The van der Waals surface area contributed by atoms with E-state index in [0.717, 1.165) is 16.9 Å². The molecule has 3 nitrogen and oxygen atoms in total. The third-order valence-corrected chi connectivity index (χ3v) is 2.95. The van der Waals surface area contributed by atoms with Crippen LogP contribution in [0.4, 0.5) is 0 Å². The highest BCUT2D eigenvalue weighted by atomic mass is 16.5. The van der Waals surface area contributed by atoms with Gasteiger partial charge in [0.05, 0.1) is 12.2 Å². The van der Waals surface area contributed by atoms with E-state index in [4.69, 9.17) is 4.74 Å². The van der Waals surface area contributed by atoms with Crippen LogP contribution < -0.4 is 4.74 Å². The molecule has 0 radical (unpaired) electrons. The van der Waals surface area contributed by atoms with Crippen molar-refractivity contribution in [3.8, 4) is 11.5 Å². The second-order valence-electron chi connectivity index (χ2n) is 5.13. The van der Waals surface area contributed by atoms with Crippen LogP contribution in [0.1, 0.15) is 31.1 Å². The topological polar surface area (TPSA) is 49.7 Å². The van der Waals surface area contributed by atoms with Gasteiger partial charge in [0, 0.05) is 6.42 Å². The van der Waals surface area contributed by atoms with Crippen molar-refractivity contribution in [3.63, 3.8) is 0 Å². The Kier molecular flexibility index (Phi) is 4.64. The molecular formula is C17H20O3. The lowest BCUT2D eigenvalue weighted by Gasteiger charge is -2.14. The maximum absolute atomic E-state index is 10.3. The molecule has 1 atom stereocenters. The number of aliphatic hydroxyl groups excluding tert-OH is 1. The normalized spacial score (nSPS) is 12.4. The Bertz CT molecular complexity index is 564. The molecule has 20 heavy (non-hydrogen) atoms. The molecule has 2 rings (SSSR count). The van der Waals surface area contributed by atoms with Crippen LogP contribution in [0.5, 0.6) is 11.5 Å². The van der Waals surface area contributed by atoms with Gasteiger partial charge in [0.25, 0.3) is 0 Å². The number of aromatic hydroxyl groups is 1. The van der Waals surface area contributed by atoms with Gasteiger partial charge in [-0.2, -0.15) is 0 Å². The summed E-state index contributed by atoms with van der Waals surface area (Å²) in [5, 5.41) is 19.7. The van der Waals surface area contributed by atoms with Crippen LogP contribution in [0.2, 0.25) is 0 Å². The summed E-state index contributed by atoms with van der Waals surface area (Å²) in [6, 6.07) is 14.4. The standard InChI is InChI=1S/C17H20O3/c1-12(2)20-16-8-4-6-14(11-16)17(19)10-13-5-3-7-15(18)9-13/h3-9,11-12,17-19H,10H2,1-2H3. The molecule has 0 fully saturated rings. The van der Waals surface area contributed by atoms with E-state index in [0.29, 0.717) is 6.42 Å². The van der Waals surface area contributed by atoms with E-state index in [1.807, 2.05) is 44.2 Å².